The summed E-state index contributed by atoms with van der Waals surface area (Å²) in [5, 5.41) is 7.89. The van der Waals surface area contributed by atoms with Crippen LogP contribution in [-0.2, 0) is 10.0 Å². The summed E-state index contributed by atoms with van der Waals surface area (Å²) in [6.45, 7) is 1.35. The topological polar surface area (TPSA) is 83.5 Å². The van der Waals surface area contributed by atoms with Crippen molar-refractivity contribution in [2.45, 2.75) is 6.92 Å². The standard InChI is InChI=1S/C3H7NO4S/c1-2-9(7,8)4-3(5)6/h4H,2H2,1H3,(H,5,6). The van der Waals surface area contributed by atoms with E-state index < -0.39 is 16.1 Å². The molecular weight excluding hydrogens is 146 g/mol. The third kappa shape index (κ3) is 3.77. The molecule has 0 bridgehead atoms. The SMILES string of the molecule is CCS(=O)(=O)NC(=O)O. The second-order valence-corrected chi connectivity index (χ2v) is 3.32. The summed E-state index contributed by atoms with van der Waals surface area (Å²) >= 11 is 0. The Morgan fingerprint density at radius 3 is 2.22 bits per heavy atom. The molecule has 0 unspecified atom stereocenters. The maximum Gasteiger partial charge on any atom is 0.418 e. The van der Waals surface area contributed by atoms with Crippen LogP contribution in [0.25, 0.3) is 0 Å². The molecule has 5 nitrogen and oxygen atoms in total. The highest BCUT2D eigenvalue weighted by atomic mass is 32.2. The minimum Gasteiger partial charge on any atom is -0.464 e. The summed E-state index contributed by atoms with van der Waals surface area (Å²) in [5.74, 6) is -0.223. The summed E-state index contributed by atoms with van der Waals surface area (Å²) in [5.41, 5.74) is 0. The van der Waals surface area contributed by atoms with Gasteiger partial charge >= 0.3 is 6.09 Å². The zero-order chi connectivity index (χ0) is 7.49. The maximum absolute atomic E-state index is 10.3. The predicted molar refractivity (Wildman–Crippen MR) is 30.6 cm³/mol. The smallest absolute Gasteiger partial charge is 0.418 e. The number of rotatable bonds is 2. The highest BCUT2D eigenvalue weighted by Crippen LogP contribution is 1.79. The lowest BCUT2D eigenvalue weighted by Crippen LogP contribution is -2.29. The highest BCUT2D eigenvalue weighted by Gasteiger charge is 2.08. The fourth-order valence-corrected chi connectivity index (χ4v) is 0.616. The van der Waals surface area contributed by atoms with Crippen molar-refractivity contribution in [2.75, 3.05) is 5.75 Å². The van der Waals surface area contributed by atoms with E-state index in [4.69, 9.17) is 5.11 Å². The van der Waals surface area contributed by atoms with Crippen molar-refractivity contribution >= 4 is 16.1 Å². The third-order valence-corrected chi connectivity index (χ3v) is 1.87. The van der Waals surface area contributed by atoms with Gasteiger partial charge in [-0.15, -0.1) is 0 Å². The maximum atomic E-state index is 10.3. The van der Waals surface area contributed by atoms with E-state index in [0.717, 1.165) is 0 Å². The fourth-order valence-electron chi connectivity index (χ4n) is 0.205. The Labute approximate surface area is 52.7 Å². The zero-order valence-electron chi connectivity index (χ0n) is 4.79. The van der Waals surface area contributed by atoms with Crippen LogP contribution < -0.4 is 4.72 Å². The normalized spacial score (nSPS) is 10.8. The second kappa shape index (κ2) is 2.67. The average Bonchev–Trinajstić information content (AvgIpc) is 1.63. The molecule has 0 aromatic heterocycles. The van der Waals surface area contributed by atoms with Crippen molar-refractivity contribution in [1.82, 2.24) is 4.72 Å². The van der Waals surface area contributed by atoms with Crippen molar-refractivity contribution in [1.29, 1.82) is 0 Å². The van der Waals surface area contributed by atoms with E-state index in [0.29, 0.717) is 0 Å². The van der Waals surface area contributed by atoms with Gasteiger partial charge in [-0.05, 0) is 6.92 Å². The lowest BCUT2D eigenvalue weighted by atomic mass is 11.0. The van der Waals surface area contributed by atoms with Crippen LogP contribution in [0, 0.1) is 0 Å². The monoisotopic (exact) mass is 153 g/mol. The predicted octanol–water partition coefficient (Wildman–Crippen LogP) is -0.396. The van der Waals surface area contributed by atoms with Gasteiger partial charge in [-0.1, -0.05) is 0 Å². The van der Waals surface area contributed by atoms with Crippen molar-refractivity contribution in [3.8, 4) is 0 Å². The van der Waals surface area contributed by atoms with Crippen LogP contribution in [0.4, 0.5) is 4.79 Å². The van der Waals surface area contributed by atoms with E-state index in [1.54, 1.807) is 0 Å². The van der Waals surface area contributed by atoms with Gasteiger partial charge < -0.3 is 5.11 Å². The number of nitrogens with one attached hydrogen (secondary N) is 1. The Morgan fingerprint density at radius 1 is 1.67 bits per heavy atom. The van der Waals surface area contributed by atoms with E-state index in [-0.39, 0.29) is 5.75 Å². The summed E-state index contributed by atoms with van der Waals surface area (Å²) in [6, 6.07) is 0. The van der Waals surface area contributed by atoms with Gasteiger partial charge in [-0.2, -0.15) is 0 Å². The average molecular weight is 153 g/mol. The third-order valence-electron chi connectivity index (χ3n) is 0.623. The number of sulfonamides is 1. The second-order valence-electron chi connectivity index (χ2n) is 1.31. The molecule has 1 amide bonds. The lowest BCUT2D eigenvalue weighted by molar-refractivity contribution is 0.201. The zero-order valence-corrected chi connectivity index (χ0v) is 5.60. The van der Waals surface area contributed by atoms with Crippen LogP contribution in [0.5, 0.6) is 0 Å². The molecule has 6 heteroatoms. The molecule has 0 aromatic carbocycles. The largest absolute Gasteiger partial charge is 0.464 e. The summed E-state index contributed by atoms with van der Waals surface area (Å²) in [4.78, 5) is 9.68. The Hall–Kier alpha value is -0.780. The van der Waals surface area contributed by atoms with Crippen molar-refractivity contribution < 1.29 is 18.3 Å². The fraction of sp³-hybridized carbons (Fsp3) is 0.667. The van der Waals surface area contributed by atoms with Gasteiger partial charge in [-0.25, -0.2) is 17.9 Å². The first-order valence-electron chi connectivity index (χ1n) is 2.21. The molecule has 0 rings (SSSR count). The van der Waals surface area contributed by atoms with E-state index in [2.05, 4.69) is 0 Å². The van der Waals surface area contributed by atoms with Gasteiger partial charge in [0.15, 0.2) is 0 Å². The van der Waals surface area contributed by atoms with Crippen molar-refractivity contribution in [2.24, 2.45) is 0 Å². The Morgan fingerprint density at radius 2 is 2.11 bits per heavy atom. The number of hydrogen-bond acceptors (Lipinski definition) is 3. The van der Waals surface area contributed by atoms with Crippen LogP contribution in [0.2, 0.25) is 0 Å². The molecule has 0 heterocycles. The quantitative estimate of drug-likeness (QED) is 0.565. The molecule has 0 aromatic rings. The molecule has 54 valence electrons. The molecule has 0 aliphatic rings. The summed E-state index contributed by atoms with van der Waals surface area (Å²) in [7, 11) is -3.57. The molecule has 2 N–H and O–H groups in total. The Kier molecular flexibility index (Phi) is 2.44. The molecule has 9 heavy (non-hydrogen) atoms. The van der Waals surface area contributed by atoms with Gasteiger partial charge in [0.2, 0.25) is 10.0 Å². The van der Waals surface area contributed by atoms with Gasteiger partial charge in [0.25, 0.3) is 0 Å². The van der Waals surface area contributed by atoms with E-state index in [1.165, 1.54) is 11.6 Å². The van der Waals surface area contributed by atoms with Crippen LogP contribution in [-0.4, -0.2) is 25.4 Å². The number of amides is 1. The number of carboxylic acid groups (broad SMARTS) is 1. The minimum absolute atomic E-state index is 0.223. The van der Waals surface area contributed by atoms with Gasteiger partial charge in [-0.3, -0.25) is 0 Å². The minimum atomic E-state index is -3.57. The van der Waals surface area contributed by atoms with E-state index in [9.17, 15) is 13.2 Å². The Balaban J connectivity index is 4.06. The molecule has 0 saturated carbocycles. The Bertz CT molecular complexity index is 194. The van der Waals surface area contributed by atoms with Crippen LogP contribution in [0.3, 0.4) is 0 Å². The van der Waals surface area contributed by atoms with Gasteiger partial charge in [0.05, 0.1) is 5.75 Å². The van der Waals surface area contributed by atoms with Crippen LogP contribution in [0.1, 0.15) is 6.92 Å². The summed E-state index contributed by atoms with van der Waals surface area (Å²) < 4.78 is 22.0. The van der Waals surface area contributed by atoms with Crippen molar-refractivity contribution in [3.63, 3.8) is 0 Å². The molecule has 0 fully saturated rings. The van der Waals surface area contributed by atoms with Crippen LogP contribution >= 0.6 is 0 Å². The van der Waals surface area contributed by atoms with Crippen LogP contribution in [0.15, 0.2) is 0 Å². The summed E-state index contributed by atoms with van der Waals surface area (Å²) in [6.07, 6.45) is -1.54. The first kappa shape index (κ1) is 8.22. The first-order chi connectivity index (χ1) is 3.98. The van der Waals surface area contributed by atoms with E-state index in [1.807, 2.05) is 0 Å². The lowest BCUT2D eigenvalue weighted by Gasteiger charge is -1.96. The molecule has 0 aliphatic heterocycles. The van der Waals surface area contributed by atoms with Gasteiger partial charge in [0, 0.05) is 0 Å². The number of carbonyl (C=O) groups is 1. The molecule has 0 atom stereocenters. The highest BCUT2D eigenvalue weighted by molar-refractivity contribution is 7.89. The molecular formula is C3H7NO4S. The molecule has 0 saturated heterocycles. The molecule has 0 radical (unpaired) electrons. The first-order valence-corrected chi connectivity index (χ1v) is 3.86. The molecule has 0 spiro atoms. The van der Waals surface area contributed by atoms with E-state index >= 15 is 0 Å². The van der Waals surface area contributed by atoms with Crippen molar-refractivity contribution in [3.05, 3.63) is 0 Å². The number of hydrogen-bond donors (Lipinski definition) is 2. The van der Waals surface area contributed by atoms with Gasteiger partial charge in [0.1, 0.15) is 0 Å². The molecule has 0 aliphatic carbocycles.